The van der Waals surface area contributed by atoms with E-state index < -0.39 is 6.04 Å². The summed E-state index contributed by atoms with van der Waals surface area (Å²) < 4.78 is 0. The average molecular weight is 276 g/mol. The van der Waals surface area contributed by atoms with Gasteiger partial charge in [0.25, 0.3) is 0 Å². The van der Waals surface area contributed by atoms with E-state index in [-0.39, 0.29) is 11.8 Å². The Kier molecular flexibility index (Phi) is 4.65. The molecule has 0 bridgehead atoms. The van der Waals surface area contributed by atoms with E-state index in [2.05, 4.69) is 15.5 Å². The fourth-order valence-electron chi connectivity index (χ4n) is 2.30. The first-order chi connectivity index (χ1) is 9.56. The predicted octanol–water partition coefficient (Wildman–Crippen LogP) is 0.740. The van der Waals surface area contributed by atoms with Crippen molar-refractivity contribution in [2.24, 2.45) is 5.92 Å². The molecule has 1 unspecified atom stereocenters. The van der Waals surface area contributed by atoms with E-state index in [4.69, 9.17) is 0 Å². The number of carbonyl (C=O) groups is 2. The molecule has 1 aliphatic rings. The van der Waals surface area contributed by atoms with Gasteiger partial charge in [0, 0.05) is 19.2 Å². The fourth-order valence-corrected chi connectivity index (χ4v) is 2.30. The molecule has 108 valence electrons. The van der Waals surface area contributed by atoms with Crippen LogP contribution in [0.15, 0.2) is 18.3 Å². The lowest BCUT2D eigenvalue weighted by Gasteiger charge is -2.24. The highest BCUT2D eigenvalue weighted by atomic mass is 16.2. The summed E-state index contributed by atoms with van der Waals surface area (Å²) in [6, 6.07) is 3.19. The maximum Gasteiger partial charge on any atom is 0.245 e. The molecule has 6 heteroatoms. The third-order valence-electron chi connectivity index (χ3n) is 3.24. The first kappa shape index (κ1) is 14.4. The van der Waals surface area contributed by atoms with Gasteiger partial charge in [0.05, 0.1) is 12.2 Å². The topological polar surface area (TPSA) is 75.2 Å². The highest BCUT2D eigenvalue weighted by molar-refractivity contribution is 5.89. The Morgan fingerprint density at radius 3 is 2.90 bits per heavy atom. The zero-order chi connectivity index (χ0) is 14.5. The second kappa shape index (κ2) is 6.45. The standard InChI is InChI=1S/C14H20N4O2/c1-10(2)8-12-14(20)18(7-5-13(19)16-12)9-11-4-3-6-15-17-11/h3-4,6,10,12H,5,7-9H2,1-2H3,(H,16,19). The summed E-state index contributed by atoms with van der Waals surface area (Å²) in [7, 11) is 0. The lowest BCUT2D eigenvalue weighted by Crippen LogP contribution is -2.45. The lowest BCUT2D eigenvalue weighted by molar-refractivity contribution is -0.134. The molecule has 1 aromatic rings. The first-order valence-electron chi connectivity index (χ1n) is 6.91. The van der Waals surface area contributed by atoms with Crippen molar-refractivity contribution in [3.63, 3.8) is 0 Å². The Morgan fingerprint density at radius 1 is 1.45 bits per heavy atom. The molecule has 1 saturated heterocycles. The second-order valence-corrected chi connectivity index (χ2v) is 5.47. The third kappa shape index (κ3) is 3.76. The molecule has 0 radical (unpaired) electrons. The van der Waals surface area contributed by atoms with Crippen LogP contribution in [0.3, 0.4) is 0 Å². The predicted molar refractivity (Wildman–Crippen MR) is 73.5 cm³/mol. The minimum absolute atomic E-state index is 0.0322. The Hall–Kier alpha value is -1.98. The molecule has 6 nitrogen and oxygen atoms in total. The number of amides is 2. The molecule has 1 aliphatic heterocycles. The van der Waals surface area contributed by atoms with Crippen LogP contribution in [0.4, 0.5) is 0 Å². The zero-order valence-electron chi connectivity index (χ0n) is 11.9. The summed E-state index contributed by atoms with van der Waals surface area (Å²) >= 11 is 0. The molecule has 2 rings (SSSR count). The molecule has 1 fully saturated rings. The van der Waals surface area contributed by atoms with Crippen LogP contribution in [-0.4, -0.2) is 39.5 Å². The SMILES string of the molecule is CC(C)CC1NC(=O)CCN(Cc2cccnn2)C1=O. The molecule has 2 heterocycles. The van der Waals surface area contributed by atoms with Gasteiger partial charge in [-0.3, -0.25) is 9.59 Å². The number of carbonyl (C=O) groups excluding carboxylic acids is 2. The van der Waals surface area contributed by atoms with Gasteiger partial charge < -0.3 is 10.2 Å². The van der Waals surface area contributed by atoms with Gasteiger partial charge in [0.1, 0.15) is 6.04 Å². The van der Waals surface area contributed by atoms with Crippen LogP contribution in [0.1, 0.15) is 32.4 Å². The largest absolute Gasteiger partial charge is 0.344 e. The summed E-state index contributed by atoms with van der Waals surface area (Å²) in [5.41, 5.74) is 0.735. The minimum atomic E-state index is -0.429. The van der Waals surface area contributed by atoms with E-state index in [1.54, 1.807) is 17.2 Å². The van der Waals surface area contributed by atoms with Gasteiger partial charge in [-0.15, -0.1) is 0 Å². The number of nitrogens with zero attached hydrogens (tertiary/aromatic N) is 3. The molecule has 1 atom stereocenters. The molecule has 1 N–H and O–H groups in total. The van der Waals surface area contributed by atoms with Crippen molar-refractivity contribution in [3.05, 3.63) is 24.0 Å². The van der Waals surface area contributed by atoms with Crippen molar-refractivity contribution in [1.82, 2.24) is 20.4 Å². The van der Waals surface area contributed by atoms with Crippen molar-refractivity contribution < 1.29 is 9.59 Å². The van der Waals surface area contributed by atoms with Crippen LogP contribution < -0.4 is 5.32 Å². The van der Waals surface area contributed by atoms with Crippen LogP contribution in [0.25, 0.3) is 0 Å². The summed E-state index contributed by atoms with van der Waals surface area (Å²) in [5, 5.41) is 10.6. The molecule has 0 aromatic carbocycles. The lowest BCUT2D eigenvalue weighted by atomic mass is 10.0. The van der Waals surface area contributed by atoms with Crippen molar-refractivity contribution in [3.8, 4) is 0 Å². The van der Waals surface area contributed by atoms with Crippen LogP contribution in [0.5, 0.6) is 0 Å². The van der Waals surface area contributed by atoms with Gasteiger partial charge in [-0.2, -0.15) is 10.2 Å². The Labute approximate surface area is 118 Å². The number of nitrogens with one attached hydrogen (secondary N) is 1. The van der Waals surface area contributed by atoms with E-state index in [0.29, 0.717) is 31.8 Å². The van der Waals surface area contributed by atoms with E-state index in [9.17, 15) is 9.59 Å². The number of hydrogen-bond acceptors (Lipinski definition) is 4. The second-order valence-electron chi connectivity index (χ2n) is 5.47. The van der Waals surface area contributed by atoms with Gasteiger partial charge >= 0.3 is 0 Å². The van der Waals surface area contributed by atoms with Crippen molar-refractivity contribution >= 4 is 11.8 Å². The normalized spacial score (nSPS) is 19.9. The van der Waals surface area contributed by atoms with E-state index in [1.807, 2.05) is 19.9 Å². The van der Waals surface area contributed by atoms with Crippen LogP contribution in [0.2, 0.25) is 0 Å². The highest BCUT2D eigenvalue weighted by Gasteiger charge is 2.30. The first-order valence-corrected chi connectivity index (χ1v) is 6.91. The Balaban J connectivity index is 2.11. The van der Waals surface area contributed by atoms with E-state index in [0.717, 1.165) is 5.69 Å². The summed E-state index contributed by atoms with van der Waals surface area (Å²) in [5.74, 6) is 0.251. The van der Waals surface area contributed by atoms with Gasteiger partial charge in [-0.05, 0) is 24.5 Å². The summed E-state index contributed by atoms with van der Waals surface area (Å²) in [6.45, 7) is 4.90. The smallest absolute Gasteiger partial charge is 0.245 e. The van der Waals surface area contributed by atoms with Crippen molar-refractivity contribution in [2.45, 2.75) is 39.3 Å². The molecule has 1 aromatic heterocycles. The van der Waals surface area contributed by atoms with Gasteiger partial charge in [-0.1, -0.05) is 13.8 Å². The van der Waals surface area contributed by atoms with Gasteiger partial charge in [0.2, 0.25) is 11.8 Å². The molecule has 0 spiro atoms. The Morgan fingerprint density at radius 2 is 2.25 bits per heavy atom. The Bertz CT molecular complexity index is 475. The van der Waals surface area contributed by atoms with Crippen LogP contribution in [-0.2, 0) is 16.1 Å². The molecule has 0 saturated carbocycles. The third-order valence-corrected chi connectivity index (χ3v) is 3.24. The minimum Gasteiger partial charge on any atom is -0.344 e. The number of hydrogen-bond donors (Lipinski definition) is 1. The molecule has 2 amide bonds. The van der Waals surface area contributed by atoms with Crippen molar-refractivity contribution in [2.75, 3.05) is 6.54 Å². The number of aromatic nitrogens is 2. The maximum atomic E-state index is 12.5. The molecule has 20 heavy (non-hydrogen) atoms. The highest BCUT2D eigenvalue weighted by Crippen LogP contribution is 2.13. The summed E-state index contributed by atoms with van der Waals surface area (Å²) in [4.78, 5) is 25.9. The van der Waals surface area contributed by atoms with E-state index in [1.165, 1.54) is 0 Å². The average Bonchev–Trinajstić information content (AvgIpc) is 2.53. The molecule has 0 aliphatic carbocycles. The van der Waals surface area contributed by atoms with Crippen molar-refractivity contribution in [1.29, 1.82) is 0 Å². The number of rotatable bonds is 4. The van der Waals surface area contributed by atoms with Crippen LogP contribution in [0, 0.1) is 5.92 Å². The molecular formula is C14H20N4O2. The summed E-state index contributed by atoms with van der Waals surface area (Å²) in [6.07, 6.45) is 2.59. The van der Waals surface area contributed by atoms with E-state index >= 15 is 0 Å². The van der Waals surface area contributed by atoms with Crippen LogP contribution >= 0.6 is 0 Å². The van der Waals surface area contributed by atoms with Gasteiger partial charge in [0.15, 0.2) is 0 Å². The monoisotopic (exact) mass is 276 g/mol. The zero-order valence-corrected chi connectivity index (χ0v) is 11.9. The fraction of sp³-hybridized carbons (Fsp3) is 0.571. The quantitative estimate of drug-likeness (QED) is 0.880. The van der Waals surface area contributed by atoms with Gasteiger partial charge in [-0.25, -0.2) is 0 Å². The maximum absolute atomic E-state index is 12.5. The molecular weight excluding hydrogens is 256 g/mol.